The monoisotopic (exact) mass is 432 g/mol. The van der Waals surface area contributed by atoms with Gasteiger partial charge in [-0.1, -0.05) is 18.2 Å². The van der Waals surface area contributed by atoms with Crippen molar-refractivity contribution in [1.29, 1.82) is 0 Å². The minimum absolute atomic E-state index is 0.174. The molecule has 0 fully saturated rings. The number of para-hydroxylation sites is 1. The molecule has 0 bridgehead atoms. The number of nitrogens with one attached hydrogen (secondary N) is 1. The summed E-state index contributed by atoms with van der Waals surface area (Å²) < 4.78 is 15.3. The molecular weight excluding hydrogens is 408 g/mol. The van der Waals surface area contributed by atoms with Crippen LogP contribution in [0.15, 0.2) is 24.3 Å². The van der Waals surface area contributed by atoms with Crippen LogP contribution in [0.25, 0.3) is 0 Å². The smallest absolute Gasteiger partial charge is 0.348 e. The van der Waals surface area contributed by atoms with Crippen molar-refractivity contribution in [1.82, 2.24) is 4.90 Å². The Kier molecular flexibility index (Phi) is 7.07. The fraction of sp³-hybridized carbons (Fsp3) is 0.381. The molecule has 30 heavy (non-hydrogen) atoms. The lowest BCUT2D eigenvalue weighted by Gasteiger charge is -2.18. The van der Waals surface area contributed by atoms with Crippen LogP contribution in [0.5, 0.6) is 5.75 Å². The summed E-state index contributed by atoms with van der Waals surface area (Å²) >= 11 is 1.01. The number of benzene rings is 1. The SMILES string of the molecule is COC(=O)c1sc(NC(=O)CCN2CCOc3ccccc3C2)c(C(=O)OC)c1C. The minimum atomic E-state index is -0.615. The molecule has 0 saturated carbocycles. The average Bonchev–Trinajstić information content (AvgIpc) is 2.93. The zero-order valence-corrected chi connectivity index (χ0v) is 18.0. The number of methoxy groups -OCH3 is 2. The Morgan fingerprint density at radius 3 is 2.63 bits per heavy atom. The Morgan fingerprint density at radius 2 is 1.90 bits per heavy atom. The Hall–Kier alpha value is -2.91. The van der Waals surface area contributed by atoms with Crippen LogP contribution in [0, 0.1) is 6.92 Å². The third-order valence-corrected chi connectivity index (χ3v) is 6.03. The van der Waals surface area contributed by atoms with Gasteiger partial charge in [0.1, 0.15) is 22.2 Å². The quantitative estimate of drug-likeness (QED) is 0.702. The third kappa shape index (κ3) is 4.80. The molecule has 1 aliphatic rings. The first-order valence-electron chi connectivity index (χ1n) is 9.47. The predicted octanol–water partition coefficient (Wildman–Crippen LogP) is 2.85. The van der Waals surface area contributed by atoms with Crippen LogP contribution in [0.1, 0.15) is 37.6 Å². The average molecular weight is 432 g/mol. The van der Waals surface area contributed by atoms with E-state index in [1.54, 1.807) is 6.92 Å². The lowest BCUT2D eigenvalue weighted by atomic mass is 10.1. The molecule has 1 N–H and O–H groups in total. The number of anilines is 1. The van der Waals surface area contributed by atoms with Gasteiger partial charge in [-0.2, -0.15) is 0 Å². The third-order valence-electron chi connectivity index (χ3n) is 4.85. The number of esters is 2. The summed E-state index contributed by atoms with van der Waals surface area (Å²) in [5, 5.41) is 3.04. The Labute approximate surface area is 178 Å². The lowest BCUT2D eigenvalue weighted by molar-refractivity contribution is -0.116. The number of hydrogen-bond acceptors (Lipinski definition) is 8. The fourth-order valence-corrected chi connectivity index (χ4v) is 4.39. The van der Waals surface area contributed by atoms with E-state index in [0.29, 0.717) is 31.8 Å². The van der Waals surface area contributed by atoms with Crippen LogP contribution < -0.4 is 10.1 Å². The van der Waals surface area contributed by atoms with Gasteiger partial charge in [-0.15, -0.1) is 11.3 Å². The number of carbonyl (C=O) groups is 3. The van der Waals surface area contributed by atoms with Crippen LogP contribution in [-0.2, 0) is 20.8 Å². The number of fused-ring (bicyclic) bond motifs is 1. The van der Waals surface area contributed by atoms with Crippen LogP contribution >= 0.6 is 11.3 Å². The highest BCUT2D eigenvalue weighted by Gasteiger charge is 2.27. The Bertz CT molecular complexity index is 955. The molecule has 0 saturated heterocycles. The second kappa shape index (κ2) is 9.73. The second-order valence-corrected chi connectivity index (χ2v) is 7.79. The summed E-state index contributed by atoms with van der Waals surface area (Å²) in [4.78, 5) is 39.1. The summed E-state index contributed by atoms with van der Waals surface area (Å²) in [5.41, 5.74) is 1.68. The van der Waals surface area contributed by atoms with Crippen molar-refractivity contribution in [2.75, 3.05) is 39.2 Å². The van der Waals surface area contributed by atoms with E-state index in [9.17, 15) is 14.4 Å². The van der Waals surface area contributed by atoms with Crippen molar-refractivity contribution in [3.63, 3.8) is 0 Å². The van der Waals surface area contributed by atoms with E-state index in [4.69, 9.17) is 14.2 Å². The molecule has 0 spiro atoms. The molecule has 0 unspecified atom stereocenters. The van der Waals surface area contributed by atoms with Gasteiger partial charge in [-0.3, -0.25) is 9.69 Å². The summed E-state index contributed by atoms with van der Waals surface area (Å²) in [6.07, 6.45) is 0.229. The topological polar surface area (TPSA) is 94.2 Å². The lowest BCUT2D eigenvalue weighted by Crippen LogP contribution is -2.29. The zero-order valence-electron chi connectivity index (χ0n) is 17.1. The number of ether oxygens (including phenoxy) is 3. The molecule has 3 rings (SSSR count). The van der Waals surface area contributed by atoms with Gasteiger partial charge < -0.3 is 19.5 Å². The highest BCUT2D eigenvalue weighted by molar-refractivity contribution is 7.18. The van der Waals surface area contributed by atoms with Gasteiger partial charge in [0.25, 0.3) is 0 Å². The van der Waals surface area contributed by atoms with Gasteiger partial charge in [-0.05, 0) is 18.6 Å². The van der Waals surface area contributed by atoms with Crippen LogP contribution in [0.3, 0.4) is 0 Å². The molecule has 1 aromatic heterocycles. The molecule has 1 amide bonds. The molecule has 1 aromatic carbocycles. The molecule has 0 atom stereocenters. The van der Waals surface area contributed by atoms with Gasteiger partial charge >= 0.3 is 11.9 Å². The molecule has 0 aliphatic carbocycles. The molecule has 160 valence electrons. The van der Waals surface area contributed by atoms with Crippen molar-refractivity contribution in [2.45, 2.75) is 19.9 Å². The van der Waals surface area contributed by atoms with Crippen LogP contribution in [-0.4, -0.2) is 56.7 Å². The maximum absolute atomic E-state index is 12.6. The maximum Gasteiger partial charge on any atom is 0.348 e. The summed E-state index contributed by atoms with van der Waals surface area (Å²) in [7, 11) is 2.52. The molecule has 0 radical (unpaired) electrons. The number of nitrogens with zero attached hydrogens (tertiary/aromatic N) is 1. The van der Waals surface area contributed by atoms with Crippen molar-refractivity contribution in [2.24, 2.45) is 0 Å². The number of amides is 1. The van der Waals surface area contributed by atoms with Gasteiger partial charge in [0.05, 0.1) is 19.8 Å². The number of rotatable bonds is 6. The van der Waals surface area contributed by atoms with Gasteiger partial charge in [0, 0.05) is 31.6 Å². The van der Waals surface area contributed by atoms with Crippen molar-refractivity contribution in [3.8, 4) is 5.75 Å². The van der Waals surface area contributed by atoms with Gasteiger partial charge in [-0.25, -0.2) is 9.59 Å². The largest absolute Gasteiger partial charge is 0.492 e. The van der Waals surface area contributed by atoms with Crippen molar-refractivity contribution < 1.29 is 28.6 Å². The first-order valence-corrected chi connectivity index (χ1v) is 10.3. The number of carbonyl (C=O) groups excluding carboxylic acids is 3. The van der Waals surface area contributed by atoms with Gasteiger partial charge in [0.2, 0.25) is 5.91 Å². The van der Waals surface area contributed by atoms with E-state index in [-0.39, 0.29) is 27.8 Å². The Morgan fingerprint density at radius 1 is 1.17 bits per heavy atom. The number of hydrogen-bond donors (Lipinski definition) is 1. The van der Waals surface area contributed by atoms with E-state index >= 15 is 0 Å². The minimum Gasteiger partial charge on any atom is -0.492 e. The maximum atomic E-state index is 12.6. The van der Waals surface area contributed by atoms with Crippen molar-refractivity contribution >= 4 is 34.2 Å². The van der Waals surface area contributed by atoms with E-state index in [1.807, 2.05) is 24.3 Å². The summed E-state index contributed by atoms with van der Waals surface area (Å²) in [6.45, 7) is 4.11. The van der Waals surface area contributed by atoms with Gasteiger partial charge in [0.15, 0.2) is 0 Å². The standard InChI is InChI=1S/C21H24N2O6S/c1-13-17(20(25)27-2)19(30-18(13)21(26)28-3)22-16(24)8-9-23-10-11-29-15-7-5-4-6-14(15)12-23/h4-7H,8-12H2,1-3H3,(H,22,24). The highest BCUT2D eigenvalue weighted by Crippen LogP contribution is 2.34. The summed E-state index contributed by atoms with van der Waals surface area (Å²) in [6, 6.07) is 7.86. The predicted molar refractivity (Wildman–Crippen MR) is 112 cm³/mol. The molecule has 1 aliphatic heterocycles. The zero-order chi connectivity index (χ0) is 21.7. The first-order chi connectivity index (χ1) is 14.4. The van der Waals surface area contributed by atoms with Crippen molar-refractivity contribution in [3.05, 3.63) is 45.8 Å². The van der Waals surface area contributed by atoms with E-state index in [1.165, 1.54) is 14.2 Å². The van der Waals surface area contributed by atoms with E-state index in [0.717, 1.165) is 22.6 Å². The molecule has 2 aromatic rings. The number of thiophene rings is 1. The summed E-state index contributed by atoms with van der Waals surface area (Å²) in [5.74, 6) is -0.560. The first kappa shape index (κ1) is 21.8. The molecule has 9 heteroatoms. The van der Waals surface area contributed by atoms with Crippen LogP contribution in [0.4, 0.5) is 5.00 Å². The Balaban J connectivity index is 1.67. The molecular formula is C21H24N2O6S. The van der Waals surface area contributed by atoms with Crippen LogP contribution in [0.2, 0.25) is 0 Å². The van der Waals surface area contributed by atoms with E-state index < -0.39 is 11.9 Å². The molecule has 2 heterocycles. The van der Waals surface area contributed by atoms with E-state index in [2.05, 4.69) is 10.2 Å². The normalized spacial score (nSPS) is 13.6. The second-order valence-electron chi connectivity index (χ2n) is 6.77. The highest BCUT2D eigenvalue weighted by atomic mass is 32.1. The fourth-order valence-electron chi connectivity index (χ4n) is 3.26. The molecule has 8 nitrogen and oxygen atoms in total.